The van der Waals surface area contributed by atoms with Crippen LogP contribution in [0.5, 0.6) is 0 Å². The van der Waals surface area contributed by atoms with Crippen molar-refractivity contribution in [3.05, 3.63) is 29.5 Å². The van der Waals surface area contributed by atoms with Crippen molar-refractivity contribution < 1.29 is 22.7 Å². The van der Waals surface area contributed by atoms with Crippen LogP contribution in [0.1, 0.15) is 11.3 Å². The van der Waals surface area contributed by atoms with E-state index in [-0.39, 0.29) is 5.82 Å². The van der Waals surface area contributed by atoms with Crippen molar-refractivity contribution in [3.8, 4) is 0 Å². The molecule has 1 fully saturated rings. The minimum atomic E-state index is -4.52. The zero-order valence-electron chi connectivity index (χ0n) is 11.1. The van der Waals surface area contributed by atoms with Gasteiger partial charge < -0.3 is 15.4 Å². The number of nitrogens with two attached hydrogens (primary N) is 1. The van der Waals surface area contributed by atoms with Crippen LogP contribution in [0, 0.1) is 0 Å². The molecule has 0 spiro atoms. The van der Waals surface area contributed by atoms with Crippen LogP contribution in [0.3, 0.4) is 0 Å². The first-order valence-corrected chi connectivity index (χ1v) is 6.26. The van der Waals surface area contributed by atoms with Crippen molar-refractivity contribution >= 4 is 17.8 Å². The van der Waals surface area contributed by atoms with Crippen molar-refractivity contribution in [1.82, 2.24) is 4.98 Å². The summed E-state index contributed by atoms with van der Waals surface area (Å²) in [6.45, 7) is 1.70. The normalized spacial score (nSPS) is 16.4. The van der Waals surface area contributed by atoms with E-state index < -0.39 is 17.8 Å². The summed E-state index contributed by atoms with van der Waals surface area (Å²) in [4.78, 5) is 16.2. The zero-order chi connectivity index (χ0) is 15.5. The summed E-state index contributed by atoms with van der Waals surface area (Å²) >= 11 is 0. The van der Waals surface area contributed by atoms with Crippen molar-refractivity contribution in [2.45, 2.75) is 6.18 Å². The standard InChI is InChI=1S/C13H14F3N3O2/c14-13(15,16)10-3-1-9(2-4-11(17)20)12(18-10)19-5-7-21-8-6-19/h1-4H,5-8H2,(H2,17,20). The Bertz CT molecular complexity index is 552. The number of aromatic nitrogens is 1. The van der Waals surface area contributed by atoms with Gasteiger partial charge in [0.25, 0.3) is 0 Å². The van der Waals surface area contributed by atoms with Crippen LogP contribution >= 0.6 is 0 Å². The van der Waals surface area contributed by atoms with Crippen LogP contribution in [0.15, 0.2) is 18.2 Å². The summed E-state index contributed by atoms with van der Waals surface area (Å²) in [5.74, 6) is -0.506. The Balaban J connectivity index is 2.41. The summed E-state index contributed by atoms with van der Waals surface area (Å²) in [6.07, 6.45) is -2.07. The Morgan fingerprint density at radius 1 is 1.33 bits per heavy atom. The molecule has 0 radical (unpaired) electrons. The Morgan fingerprint density at radius 2 is 2.00 bits per heavy atom. The molecule has 0 unspecified atom stereocenters. The molecular formula is C13H14F3N3O2. The minimum absolute atomic E-state index is 0.172. The maximum Gasteiger partial charge on any atom is 0.433 e. The molecule has 21 heavy (non-hydrogen) atoms. The van der Waals surface area contributed by atoms with Gasteiger partial charge in [0.15, 0.2) is 0 Å². The minimum Gasteiger partial charge on any atom is -0.378 e. The lowest BCUT2D eigenvalue weighted by Gasteiger charge is -2.29. The topological polar surface area (TPSA) is 68.5 Å². The molecule has 1 aliphatic rings. The first-order chi connectivity index (χ1) is 9.88. The number of carbonyl (C=O) groups excluding carboxylic acids is 1. The Hall–Kier alpha value is -2.09. The zero-order valence-corrected chi connectivity index (χ0v) is 11.1. The van der Waals surface area contributed by atoms with Gasteiger partial charge in [-0.3, -0.25) is 4.79 Å². The number of hydrogen-bond donors (Lipinski definition) is 1. The van der Waals surface area contributed by atoms with Gasteiger partial charge in [0.2, 0.25) is 5.91 Å². The van der Waals surface area contributed by atoms with Crippen molar-refractivity contribution in [2.75, 3.05) is 31.2 Å². The van der Waals surface area contributed by atoms with Crippen molar-refractivity contribution in [3.63, 3.8) is 0 Å². The highest BCUT2D eigenvalue weighted by molar-refractivity contribution is 5.91. The molecule has 0 aliphatic carbocycles. The van der Waals surface area contributed by atoms with Gasteiger partial charge in [-0.2, -0.15) is 13.2 Å². The SMILES string of the molecule is NC(=O)C=Cc1ccc(C(F)(F)F)nc1N1CCOCC1. The molecule has 1 aromatic heterocycles. The molecule has 5 nitrogen and oxygen atoms in total. The molecule has 0 aromatic carbocycles. The number of amides is 1. The average molecular weight is 301 g/mol. The largest absolute Gasteiger partial charge is 0.433 e. The molecule has 1 saturated heterocycles. The highest BCUT2D eigenvalue weighted by atomic mass is 19.4. The third-order valence-corrected chi connectivity index (χ3v) is 2.93. The molecule has 2 N–H and O–H groups in total. The maximum absolute atomic E-state index is 12.8. The number of ether oxygens (including phenoxy) is 1. The second-order valence-corrected chi connectivity index (χ2v) is 4.44. The molecule has 114 valence electrons. The molecule has 0 atom stereocenters. The summed E-state index contributed by atoms with van der Waals surface area (Å²) < 4.78 is 43.5. The number of pyridine rings is 1. The number of rotatable bonds is 3. The van der Waals surface area contributed by atoms with Gasteiger partial charge in [-0.15, -0.1) is 0 Å². The fraction of sp³-hybridized carbons (Fsp3) is 0.385. The molecular weight excluding hydrogens is 287 g/mol. The quantitative estimate of drug-likeness (QED) is 0.858. The number of anilines is 1. The number of alkyl halides is 3. The van der Waals surface area contributed by atoms with Gasteiger partial charge in [0.05, 0.1) is 13.2 Å². The van der Waals surface area contributed by atoms with Crippen LogP contribution in [0.25, 0.3) is 6.08 Å². The fourth-order valence-electron chi connectivity index (χ4n) is 1.95. The number of carbonyl (C=O) groups is 1. The lowest BCUT2D eigenvalue weighted by molar-refractivity contribution is -0.141. The Labute approximate surface area is 119 Å². The summed E-state index contributed by atoms with van der Waals surface area (Å²) in [6, 6.07) is 2.16. The molecule has 0 bridgehead atoms. The van der Waals surface area contributed by atoms with E-state index in [1.807, 2.05) is 0 Å². The van der Waals surface area contributed by atoms with E-state index in [9.17, 15) is 18.0 Å². The number of hydrogen-bond acceptors (Lipinski definition) is 4. The third kappa shape index (κ3) is 3.94. The van der Waals surface area contributed by atoms with E-state index >= 15 is 0 Å². The molecule has 8 heteroatoms. The smallest absolute Gasteiger partial charge is 0.378 e. The van der Waals surface area contributed by atoms with Crippen molar-refractivity contribution in [2.24, 2.45) is 5.73 Å². The maximum atomic E-state index is 12.8. The predicted octanol–water partition coefficient (Wildman–Crippen LogP) is 1.44. The first-order valence-electron chi connectivity index (χ1n) is 6.26. The lowest BCUT2D eigenvalue weighted by atomic mass is 10.2. The van der Waals surface area contributed by atoms with E-state index in [4.69, 9.17) is 10.5 Å². The average Bonchev–Trinajstić information content (AvgIpc) is 2.45. The second-order valence-electron chi connectivity index (χ2n) is 4.44. The Kier molecular flexibility index (Phi) is 4.46. The van der Waals surface area contributed by atoms with Crippen LogP contribution in [0.2, 0.25) is 0 Å². The third-order valence-electron chi connectivity index (χ3n) is 2.93. The van der Waals surface area contributed by atoms with Gasteiger partial charge in [0, 0.05) is 24.7 Å². The highest BCUT2D eigenvalue weighted by Crippen LogP contribution is 2.31. The van der Waals surface area contributed by atoms with E-state index in [2.05, 4.69) is 4.98 Å². The van der Waals surface area contributed by atoms with Crippen molar-refractivity contribution in [1.29, 1.82) is 0 Å². The summed E-state index contributed by atoms with van der Waals surface area (Å²) in [5, 5.41) is 0. The number of nitrogens with zero attached hydrogens (tertiary/aromatic N) is 2. The number of primary amides is 1. The number of halogens is 3. The van der Waals surface area contributed by atoms with E-state index in [1.165, 1.54) is 12.1 Å². The van der Waals surface area contributed by atoms with E-state index in [0.717, 1.165) is 12.1 Å². The van der Waals surface area contributed by atoms with Gasteiger partial charge in [0.1, 0.15) is 11.5 Å². The van der Waals surface area contributed by atoms with Crippen LogP contribution < -0.4 is 10.6 Å². The molecule has 1 aromatic rings. The van der Waals surface area contributed by atoms with Gasteiger partial charge in [-0.05, 0) is 18.2 Å². The fourth-order valence-corrected chi connectivity index (χ4v) is 1.95. The van der Waals surface area contributed by atoms with Crippen LogP contribution in [0.4, 0.5) is 19.0 Å². The lowest BCUT2D eigenvalue weighted by Crippen LogP contribution is -2.37. The van der Waals surface area contributed by atoms with Crippen LogP contribution in [-0.4, -0.2) is 37.2 Å². The van der Waals surface area contributed by atoms with E-state index in [0.29, 0.717) is 31.9 Å². The molecule has 2 heterocycles. The Morgan fingerprint density at radius 3 is 2.57 bits per heavy atom. The van der Waals surface area contributed by atoms with Crippen LogP contribution in [-0.2, 0) is 15.7 Å². The number of morpholine rings is 1. The van der Waals surface area contributed by atoms with Gasteiger partial charge >= 0.3 is 6.18 Å². The monoisotopic (exact) mass is 301 g/mol. The van der Waals surface area contributed by atoms with Gasteiger partial charge in [-0.25, -0.2) is 4.98 Å². The molecule has 0 saturated carbocycles. The molecule has 2 rings (SSSR count). The molecule has 1 aliphatic heterocycles. The highest BCUT2D eigenvalue weighted by Gasteiger charge is 2.33. The molecule has 1 amide bonds. The predicted molar refractivity (Wildman–Crippen MR) is 70.5 cm³/mol. The van der Waals surface area contributed by atoms with Gasteiger partial charge in [-0.1, -0.05) is 0 Å². The first kappa shape index (κ1) is 15.3. The van der Waals surface area contributed by atoms with E-state index in [1.54, 1.807) is 4.90 Å². The summed E-state index contributed by atoms with van der Waals surface area (Å²) in [7, 11) is 0. The second kappa shape index (κ2) is 6.13. The summed E-state index contributed by atoms with van der Waals surface area (Å²) in [5.41, 5.74) is 4.44.